The molecule has 2 amide bonds. The Bertz CT molecular complexity index is 543. The fourth-order valence-corrected chi connectivity index (χ4v) is 2.22. The first kappa shape index (κ1) is 15.3. The number of pyridine rings is 1. The minimum atomic E-state index is -4.54. The van der Waals surface area contributed by atoms with Gasteiger partial charge in [0.25, 0.3) is 5.91 Å². The van der Waals surface area contributed by atoms with Gasteiger partial charge in [-0.05, 0) is 18.6 Å². The number of carbonyl (C=O) groups excluding carboxylic acids is 2. The van der Waals surface area contributed by atoms with Gasteiger partial charge in [-0.25, -0.2) is 0 Å². The van der Waals surface area contributed by atoms with E-state index in [1.807, 2.05) is 0 Å². The zero-order valence-electron chi connectivity index (χ0n) is 11.3. The lowest BCUT2D eigenvalue weighted by Gasteiger charge is -2.34. The van der Waals surface area contributed by atoms with E-state index in [0.717, 1.165) is 18.3 Å². The van der Waals surface area contributed by atoms with Gasteiger partial charge in [0.05, 0.1) is 5.56 Å². The summed E-state index contributed by atoms with van der Waals surface area (Å²) in [6.07, 6.45) is -3.21. The van der Waals surface area contributed by atoms with E-state index in [9.17, 15) is 22.8 Å². The van der Waals surface area contributed by atoms with Gasteiger partial charge in [0.15, 0.2) is 0 Å². The highest BCUT2D eigenvalue weighted by Gasteiger charge is 2.34. The molecule has 1 atom stereocenters. The quantitative estimate of drug-likeness (QED) is 0.899. The Labute approximate surface area is 119 Å². The molecule has 1 aliphatic rings. The minimum Gasteiger partial charge on any atom is -0.353 e. The van der Waals surface area contributed by atoms with Crippen LogP contribution in [0.4, 0.5) is 13.2 Å². The molecule has 21 heavy (non-hydrogen) atoms. The van der Waals surface area contributed by atoms with E-state index in [1.54, 1.807) is 6.92 Å². The van der Waals surface area contributed by atoms with Crippen LogP contribution >= 0.6 is 0 Å². The fourth-order valence-electron chi connectivity index (χ4n) is 2.22. The van der Waals surface area contributed by atoms with Crippen molar-refractivity contribution in [3.63, 3.8) is 0 Å². The fraction of sp³-hybridized carbons (Fsp3) is 0.462. The monoisotopic (exact) mass is 301 g/mol. The third kappa shape index (κ3) is 3.14. The molecular weight excluding hydrogens is 287 g/mol. The summed E-state index contributed by atoms with van der Waals surface area (Å²) in [5.41, 5.74) is -1.02. The van der Waals surface area contributed by atoms with Crippen molar-refractivity contribution in [1.29, 1.82) is 0 Å². The lowest BCUT2D eigenvalue weighted by atomic mass is 10.1. The van der Waals surface area contributed by atoms with Crippen LogP contribution in [0.2, 0.25) is 0 Å². The molecule has 2 rings (SSSR count). The maximum absolute atomic E-state index is 12.4. The highest BCUT2D eigenvalue weighted by Crippen LogP contribution is 2.27. The number of carbonyl (C=O) groups is 2. The van der Waals surface area contributed by atoms with Gasteiger partial charge in [-0.2, -0.15) is 13.2 Å². The van der Waals surface area contributed by atoms with Crippen LogP contribution in [-0.4, -0.2) is 40.8 Å². The summed E-state index contributed by atoms with van der Waals surface area (Å²) < 4.78 is 37.3. The van der Waals surface area contributed by atoms with Gasteiger partial charge in [0.2, 0.25) is 5.91 Å². The number of nitrogens with one attached hydrogen (secondary N) is 1. The van der Waals surface area contributed by atoms with E-state index in [-0.39, 0.29) is 11.5 Å². The molecule has 8 heteroatoms. The van der Waals surface area contributed by atoms with E-state index >= 15 is 0 Å². The number of aromatic nitrogens is 1. The van der Waals surface area contributed by atoms with E-state index in [4.69, 9.17) is 0 Å². The van der Waals surface area contributed by atoms with Crippen molar-refractivity contribution in [1.82, 2.24) is 15.2 Å². The van der Waals surface area contributed by atoms with Gasteiger partial charge in [-0.15, -0.1) is 0 Å². The van der Waals surface area contributed by atoms with Gasteiger partial charge in [-0.1, -0.05) is 6.92 Å². The highest BCUT2D eigenvalue weighted by atomic mass is 19.4. The minimum absolute atomic E-state index is 0.0381. The van der Waals surface area contributed by atoms with Crippen molar-refractivity contribution in [2.24, 2.45) is 0 Å². The van der Waals surface area contributed by atoms with Gasteiger partial charge < -0.3 is 10.2 Å². The van der Waals surface area contributed by atoms with Gasteiger partial charge in [0.1, 0.15) is 11.7 Å². The summed E-state index contributed by atoms with van der Waals surface area (Å²) in [5, 5.41) is 2.65. The molecule has 2 heterocycles. The summed E-state index contributed by atoms with van der Waals surface area (Å²) in [6, 6.07) is 1.24. The molecule has 1 N–H and O–H groups in total. The van der Waals surface area contributed by atoms with E-state index < -0.39 is 23.8 Å². The smallest absolute Gasteiger partial charge is 0.353 e. The van der Waals surface area contributed by atoms with Crippen LogP contribution in [0.5, 0.6) is 0 Å². The number of rotatable bonds is 2. The molecule has 1 aromatic rings. The normalized spacial score (nSPS) is 19.3. The lowest BCUT2D eigenvalue weighted by Crippen LogP contribution is -2.56. The molecule has 1 aliphatic heterocycles. The molecular formula is C13H14F3N3O2. The number of halogens is 3. The molecule has 0 bridgehead atoms. The number of piperazine rings is 1. The first-order chi connectivity index (χ1) is 9.84. The summed E-state index contributed by atoms with van der Waals surface area (Å²) in [7, 11) is 0. The average Bonchev–Trinajstić information content (AvgIpc) is 2.45. The van der Waals surface area contributed by atoms with Gasteiger partial charge in [0, 0.05) is 19.3 Å². The Morgan fingerprint density at radius 2 is 2.19 bits per heavy atom. The number of alkyl halides is 3. The summed E-state index contributed by atoms with van der Waals surface area (Å²) in [6.45, 7) is 2.42. The standard InChI is InChI=1S/C13H14F3N3O2/c1-2-9-11(20)17-5-6-19(9)12(21)8-3-4-10(18-7-8)13(14,15)16/h3-4,7,9H,2,5-6H2,1H3,(H,17,20). The maximum Gasteiger partial charge on any atom is 0.433 e. The van der Waals surface area contributed by atoms with Crippen LogP contribution in [0.25, 0.3) is 0 Å². The number of amides is 2. The summed E-state index contributed by atoms with van der Waals surface area (Å²) in [4.78, 5) is 28.6. The third-order valence-electron chi connectivity index (χ3n) is 3.28. The molecule has 1 unspecified atom stereocenters. The molecule has 5 nitrogen and oxygen atoms in total. The first-order valence-electron chi connectivity index (χ1n) is 6.46. The second kappa shape index (κ2) is 5.71. The topological polar surface area (TPSA) is 62.3 Å². The number of hydrogen-bond donors (Lipinski definition) is 1. The molecule has 114 valence electrons. The van der Waals surface area contributed by atoms with Crippen LogP contribution in [-0.2, 0) is 11.0 Å². The second-order valence-electron chi connectivity index (χ2n) is 4.64. The zero-order chi connectivity index (χ0) is 15.6. The van der Waals surface area contributed by atoms with Crippen LogP contribution in [0.15, 0.2) is 18.3 Å². The maximum atomic E-state index is 12.4. The summed E-state index contributed by atoms with van der Waals surface area (Å²) >= 11 is 0. The predicted molar refractivity (Wildman–Crippen MR) is 67.4 cm³/mol. The van der Waals surface area contributed by atoms with Crippen LogP contribution in [0, 0.1) is 0 Å². The van der Waals surface area contributed by atoms with Crippen LogP contribution in [0.1, 0.15) is 29.4 Å². The molecule has 1 aromatic heterocycles. The molecule has 1 saturated heterocycles. The van der Waals surface area contributed by atoms with Crippen molar-refractivity contribution >= 4 is 11.8 Å². The molecule has 0 saturated carbocycles. The average molecular weight is 301 g/mol. The first-order valence-corrected chi connectivity index (χ1v) is 6.46. The lowest BCUT2D eigenvalue weighted by molar-refractivity contribution is -0.141. The van der Waals surface area contributed by atoms with Crippen molar-refractivity contribution in [2.45, 2.75) is 25.6 Å². The molecule has 0 aliphatic carbocycles. The largest absolute Gasteiger partial charge is 0.433 e. The zero-order valence-corrected chi connectivity index (χ0v) is 11.3. The number of nitrogens with zero attached hydrogens (tertiary/aromatic N) is 2. The van der Waals surface area contributed by atoms with Crippen LogP contribution < -0.4 is 5.32 Å². The Morgan fingerprint density at radius 3 is 2.71 bits per heavy atom. The van der Waals surface area contributed by atoms with Crippen molar-refractivity contribution in [2.75, 3.05) is 13.1 Å². The Hall–Kier alpha value is -2.12. The Kier molecular flexibility index (Phi) is 4.15. The molecule has 1 fully saturated rings. The van der Waals surface area contributed by atoms with E-state index in [0.29, 0.717) is 19.5 Å². The van der Waals surface area contributed by atoms with Crippen LogP contribution in [0.3, 0.4) is 0 Å². The third-order valence-corrected chi connectivity index (χ3v) is 3.28. The number of hydrogen-bond acceptors (Lipinski definition) is 3. The highest BCUT2D eigenvalue weighted by molar-refractivity contribution is 5.98. The Balaban J connectivity index is 2.21. The van der Waals surface area contributed by atoms with Crippen molar-refractivity contribution < 1.29 is 22.8 Å². The second-order valence-corrected chi connectivity index (χ2v) is 4.64. The molecule has 0 aromatic carbocycles. The summed E-state index contributed by atoms with van der Waals surface area (Å²) in [5.74, 6) is -0.741. The van der Waals surface area contributed by atoms with E-state index in [2.05, 4.69) is 10.3 Å². The predicted octanol–water partition coefficient (Wildman–Crippen LogP) is 1.45. The van der Waals surface area contributed by atoms with E-state index in [1.165, 1.54) is 4.90 Å². The van der Waals surface area contributed by atoms with Gasteiger partial charge >= 0.3 is 6.18 Å². The van der Waals surface area contributed by atoms with Crippen molar-refractivity contribution in [3.8, 4) is 0 Å². The van der Waals surface area contributed by atoms with Gasteiger partial charge in [-0.3, -0.25) is 14.6 Å². The molecule has 0 radical (unpaired) electrons. The Morgan fingerprint density at radius 1 is 1.48 bits per heavy atom. The SMILES string of the molecule is CCC1C(=O)NCCN1C(=O)c1ccc(C(F)(F)F)nc1. The molecule has 0 spiro atoms. The van der Waals surface area contributed by atoms with Crippen molar-refractivity contribution in [3.05, 3.63) is 29.6 Å².